The first-order chi connectivity index (χ1) is 8.86. The topological polar surface area (TPSA) is 67.4 Å². The molecule has 0 saturated carbocycles. The molecule has 0 aliphatic heterocycles. The summed E-state index contributed by atoms with van der Waals surface area (Å²) in [7, 11) is 5.80. The Morgan fingerprint density at radius 1 is 1.53 bits per heavy atom. The van der Waals surface area contributed by atoms with Crippen molar-refractivity contribution in [3.05, 3.63) is 18.0 Å². The Labute approximate surface area is 115 Å². The van der Waals surface area contributed by atoms with Gasteiger partial charge in [-0.15, -0.1) is 0 Å². The van der Waals surface area contributed by atoms with E-state index >= 15 is 0 Å². The molecule has 1 rings (SSSR count). The zero-order valence-electron chi connectivity index (χ0n) is 12.5. The molecule has 2 atom stereocenters. The molecule has 6 nitrogen and oxygen atoms in total. The normalized spacial score (nSPS) is 14.5. The van der Waals surface area contributed by atoms with Gasteiger partial charge in [-0.3, -0.25) is 9.48 Å². The van der Waals surface area contributed by atoms with Gasteiger partial charge in [-0.25, -0.2) is 0 Å². The lowest BCUT2D eigenvalue weighted by molar-refractivity contribution is -0.134. The first-order valence-corrected chi connectivity index (χ1v) is 6.56. The van der Waals surface area contributed by atoms with Crippen LogP contribution in [0.3, 0.4) is 0 Å². The van der Waals surface area contributed by atoms with E-state index in [1.165, 1.54) is 0 Å². The zero-order chi connectivity index (χ0) is 14.6. The van der Waals surface area contributed by atoms with Crippen molar-refractivity contribution in [2.75, 3.05) is 27.2 Å². The van der Waals surface area contributed by atoms with Gasteiger partial charge in [0.2, 0.25) is 5.91 Å². The minimum atomic E-state index is -0.640. The van der Waals surface area contributed by atoms with Gasteiger partial charge in [0, 0.05) is 37.9 Å². The van der Waals surface area contributed by atoms with Crippen LogP contribution < -0.4 is 5.73 Å². The van der Waals surface area contributed by atoms with Crippen LogP contribution in [0.5, 0.6) is 0 Å². The summed E-state index contributed by atoms with van der Waals surface area (Å²) < 4.78 is 1.65. The van der Waals surface area contributed by atoms with Crippen molar-refractivity contribution in [2.45, 2.75) is 25.9 Å². The third-order valence-electron chi connectivity index (χ3n) is 3.14. The lowest BCUT2D eigenvalue weighted by Crippen LogP contribution is -2.47. The van der Waals surface area contributed by atoms with Crippen LogP contribution in [-0.2, 0) is 11.8 Å². The van der Waals surface area contributed by atoms with Crippen molar-refractivity contribution >= 4 is 5.91 Å². The molecule has 2 N–H and O–H groups in total. The van der Waals surface area contributed by atoms with Gasteiger partial charge >= 0.3 is 0 Å². The van der Waals surface area contributed by atoms with Crippen LogP contribution in [0.4, 0.5) is 0 Å². The van der Waals surface area contributed by atoms with Gasteiger partial charge in [0.1, 0.15) is 6.04 Å². The second-order valence-electron chi connectivity index (χ2n) is 5.16. The fourth-order valence-electron chi connectivity index (χ4n) is 2.23. The Kier molecular flexibility index (Phi) is 5.50. The van der Waals surface area contributed by atoms with Crippen LogP contribution >= 0.6 is 0 Å². The number of nitrogens with zero attached hydrogens (tertiary/aromatic N) is 4. The smallest absolute Gasteiger partial charge is 0.244 e. The van der Waals surface area contributed by atoms with Gasteiger partial charge in [-0.2, -0.15) is 5.10 Å². The average molecular weight is 267 g/mol. The van der Waals surface area contributed by atoms with Crippen molar-refractivity contribution in [3.8, 4) is 0 Å². The lowest BCUT2D eigenvalue weighted by Gasteiger charge is -2.31. The van der Waals surface area contributed by atoms with E-state index in [1.54, 1.807) is 17.1 Å². The molecule has 1 aromatic rings. The van der Waals surface area contributed by atoms with E-state index in [-0.39, 0.29) is 11.9 Å². The molecule has 1 heterocycles. The molecule has 0 saturated heterocycles. The summed E-state index contributed by atoms with van der Waals surface area (Å²) in [6, 6.07) is -0.506. The molecule has 0 bridgehead atoms. The number of aromatic nitrogens is 2. The molecule has 0 aromatic carbocycles. The monoisotopic (exact) mass is 267 g/mol. The summed E-state index contributed by atoms with van der Waals surface area (Å²) in [4.78, 5) is 16.3. The van der Waals surface area contributed by atoms with E-state index in [4.69, 9.17) is 5.73 Å². The highest BCUT2D eigenvalue weighted by molar-refractivity contribution is 5.83. The van der Waals surface area contributed by atoms with Crippen LogP contribution in [0.2, 0.25) is 0 Å². The molecule has 0 radical (unpaired) electrons. The zero-order valence-corrected chi connectivity index (χ0v) is 12.5. The third kappa shape index (κ3) is 4.04. The molecule has 1 amide bonds. The van der Waals surface area contributed by atoms with Crippen molar-refractivity contribution in [1.82, 2.24) is 19.6 Å². The molecule has 19 heavy (non-hydrogen) atoms. The minimum absolute atomic E-state index is 0.0511. The Hall–Kier alpha value is -1.40. The summed E-state index contributed by atoms with van der Waals surface area (Å²) in [6.45, 7) is 5.48. The van der Waals surface area contributed by atoms with Gasteiger partial charge < -0.3 is 15.5 Å². The van der Waals surface area contributed by atoms with Crippen molar-refractivity contribution < 1.29 is 4.79 Å². The quantitative estimate of drug-likeness (QED) is 0.800. The summed E-state index contributed by atoms with van der Waals surface area (Å²) in [5.74, 6) is -0.0511. The lowest BCUT2D eigenvalue weighted by atomic mass is 10.1. The number of likely N-dealkylation sites (N-methyl/N-ethyl adjacent to an activating group) is 2. The number of rotatable bonds is 6. The van der Waals surface area contributed by atoms with Gasteiger partial charge in [0.15, 0.2) is 0 Å². The maximum Gasteiger partial charge on any atom is 0.244 e. The molecular weight excluding hydrogens is 242 g/mol. The van der Waals surface area contributed by atoms with Crippen molar-refractivity contribution in [2.24, 2.45) is 12.8 Å². The third-order valence-corrected chi connectivity index (χ3v) is 3.14. The summed E-state index contributed by atoms with van der Waals surface area (Å²) in [6.07, 6.45) is 3.43. The highest BCUT2D eigenvalue weighted by Gasteiger charge is 2.26. The first-order valence-electron chi connectivity index (χ1n) is 6.56. The number of amides is 1. The molecule has 108 valence electrons. The summed E-state index contributed by atoms with van der Waals surface area (Å²) >= 11 is 0. The van der Waals surface area contributed by atoms with E-state index in [9.17, 15) is 4.79 Å². The predicted octanol–water partition coefficient (Wildman–Crippen LogP) is 0.219. The first kappa shape index (κ1) is 15.7. The molecule has 1 aromatic heterocycles. The van der Waals surface area contributed by atoms with Gasteiger partial charge in [0.05, 0.1) is 6.20 Å². The van der Waals surface area contributed by atoms with E-state index in [1.807, 2.05) is 39.9 Å². The highest BCUT2D eigenvalue weighted by atomic mass is 16.2. The Morgan fingerprint density at radius 2 is 2.16 bits per heavy atom. The fraction of sp³-hybridized carbons (Fsp3) is 0.692. The van der Waals surface area contributed by atoms with E-state index < -0.39 is 6.04 Å². The fourth-order valence-corrected chi connectivity index (χ4v) is 2.23. The summed E-state index contributed by atoms with van der Waals surface area (Å²) in [5.41, 5.74) is 6.79. The highest BCUT2D eigenvalue weighted by Crippen LogP contribution is 2.14. The Morgan fingerprint density at radius 3 is 2.58 bits per heavy atom. The molecule has 6 heteroatoms. The van der Waals surface area contributed by atoms with Crippen LogP contribution in [0.15, 0.2) is 12.4 Å². The van der Waals surface area contributed by atoms with Crippen molar-refractivity contribution in [3.63, 3.8) is 0 Å². The molecule has 0 aliphatic rings. The summed E-state index contributed by atoms with van der Waals surface area (Å²) in [5, 5.41) is 4.06. The van der Waals surface area contributed by atoms with E-state index in [0.717, 1.165) is 12.1 Å². The maximum atomic E-state index is 12.5. The number of carbonyl (C=O) groups is 1. The largest absolute Gasteiger partial charge is 0.337 e. The standard InChI is InChI=1S/C13H25N5O/c1-6-18(10(2)8-16(3)4)13(19)12(14)11-7-15-17(5)9-11/h7,9-10,12H,6,8,14H2,1-5H3. The van der Waals surface area contributed by atoms with E-state index in [2.05, 4.69) is 10.00 Å². The second-order valence-corrected chi connectivity index (χ2v) is 5.16. The number of aryl methyl sites for hydroxylation is 1. The maximum absolute atomic E-state index is 12.5. The molecule has 2 unspecified atom stereocenters. The minimum Gasteiger partial charge on any atom is -0.337 e. The van der Waals surface area contributed by atoms with Gasteiger partial charge in [-0.1, -0.05) is 0 Å². The van der Waals surface area contributed by atoms with E-state index in [0.29, 0.717) is 6.54 Å². The average Bonchev–Trinajstić information content (AvgIpc) is 2.74. The molecule has 0 fully saturated rings. The van der Waals surface area contributed by atoms with Gasteiger partial charge in [-0.05, 0) is 27.9 Å². The molecule has 0 aliphatic carbocycles. The molecular formula is C13H25N5O. The SMILES string of the molecule is CCN(C(=O)C(N)c1cnn(C)c1)C(C)CN(C)C. The van der Waals surface area contributed by atoms with Crippen LogP contribution in [0.25, 0.3) is 0 Å². The van der Waals surface area contributed by atoms with Gasteiger partial charge in [0.25, 0.3) is 0 Å². The Balaban J connectivity index is 2.78. The number of carbonyl (C=O) groups excluding carboxylic acids is 1. The van der Waals surface area contributed by atoms with Crippen LogP contribution in [0.1, 0.15) is 25.5 Å². The Bertz CT molecular complexity index is 415. The van der Waals surface area contributed by atoms with Crippen LogP contribution in [0, 0.1) is 0 Å². The predicted molar refractivity (Wildman–Crippen MR) is 75.5 cm³/mol. The molecule has 0 spiro atoms. The van der Waals surface area contributed by atoms with Crippen molar-refractivity contribution in [1.29, 1.82) is 0 Å². The number of hydrogen-bond donors (Lipinski definition) is 1. The second kappa shape index (κ2) is 6.68. The number of nitrogens with two attached hydrogens (primary N) is 1. The van der Waals surface area contributed by atoms with Crippen LogP contribution in [-0.4, -0.2) is 58.7 Å². The number of hydrogen-bond acceptors (Lipinski definition) is 4.